The lowest BCUT2D eigenvalue weighted by molar-refractivity contribution is 0.0518. The first-order valence-electron chi connectivity index (χ1n) is 4.91. The summed E-state index contributed by atoms with van der Waals surface area (Å²) in [5.74, 6) is -0.605. The smallest absolute Gasteiger partial charge is 0.356 e. The average molecular weight is 241 g/mol. The lowest BCUT2D eigenvalue weighted by Crippen LogP contribution is -2.08. The van der Waals surface area contributed by atoms with Crippen LogP contribution in [0.1, 0.15) is 29.5 Å². The molecule has 2 aromatic heterocycles. The molecule has 0 saturated heterocycles. The molecule has 2 heterocycles. The second kappa shape index (κ2) is 4.44. The fourth-order valence-corrected chi connectivity index (χ4v) is 1.37. The van der Waals surface area contributed by atoms with Crippen LogP contribution in [0.4, 0.5) is 8.78 Å². The van der Waals surface area contributed by atoms with E-state index >= 15 is 0 Å². The summed E-state index contributed by atoms with van der Waals surface area (Å²) in [6.07, 6.45) is 0.838. The molecule has 0 amide bonds. The lowest BCUT2D eigenvalue weighted by Gasteiger charge is -2.03. The van der Waals surface area contributed by atoms with Crippen molar-refractivity contribution in [3.8, 4) is 0 Å². The van der Waals surface area contributed by atoms with Gasteiger partial charge in [-0.25, -0.2) is 23.5 Å². The predicted octanol–water partition coefficient (Wildman–Crippen LogP) is 1.84. The van der Waals surface area contributed by atoms with E-state index in [0.717, 1.165) is 6.20 Å². The van der Waals surface area contributed by atoms with Crippen LogP contribution in [0.15, 0.2) is 18.6 Å². The molecule has 0 atom stereocenters. The van der Waals surface area contributed by atoms with Crippen molar-refractivity contribution < 1.29 is 18.3 Å². The van der Waals surface area contributed by atoms with Gasteiger partial charge >= 0.3 is 5.97 Å². The van der Waals surface area contributed by atoms with Gasteiger partial charge in [0.25, 0.3) is 6.43 Å². The summed E-state index contributed by atoms with van der Waals surface area (Å²) in [5, 5.41) is 0. The third-order valence-corrected chi connectivity index (χ3v) is 2.12. The van der Waals surface area contributed by atoms with Crippen molar-refractivity contribution in [2.24, 2.45) is 0 Å². The average Bonchev–Trinajstić information content (AvgIpc) is 2.71. The molecule has 0 bridgehead atoms. The van der Waals surface area contributed by atoms with Crippen LogP contribution >= 0.6 is 0 Å². The molecule has 5 nitrogen and oxygen atoms in total. The van der Waals surface area contributed by atoms with E-state index in [1.54, 1.807) is 6.92 Å². The molecule has 0 saturated carbocycles. The number of rotatable bonds is 3. The first kappa shape index (κ1) is 11.4. The van der Waals surface area contributed by atoms with Gasteiger partial charge in [-0.15, -0.1) is 0 Å². The van der Waals surface area contributed by atoms with Gasteiger partial charge in [-0.3, -0.25) is 4.40 Å². The molecular formula is C10H9F2N3O2. The van der Waals surface area contributed by atoms with Crippen molar-refractivity contribution in [3.05, 3.63) is 30.0 Å². The van der Waals surface area contributed by atoms with Crippen LogP contribution in [0.25, 0.3) is 5.65 Å². The van der Waals surface area contributed by atoms with Crippen molar-refractivity contribution >= 4 is 11.6 Å². The monoisotopic (exact) mass is 241 g/mol. The van der Waals surface area contributed by atoms with Crippen molar-refractivity contribution in [1.29, 1.82) is 0 Å². The Labute approximate surface area is 95.1 Å². The molecule has 0 aliphatic rings. The summed E-state index contributed by atoms with van der Waals surface area (Å²) in [5.41, 5.74) is 0.00431. The Balaban J connectivity index is 2.50. The maximum atomic E-state index is 12.5. The van der Waals surface area contributed by atoms with Gasteiger partial charge in [0.05, 0.1) is 19.0 Å². The quantitative estimate of drug-likeness (QED) is 0.769. The largest absolute Gasteiger partial charge is 0.461 e. The van der Waals surface area contributed by atoms with Gasteiger partial charge in [-0.1, -0.05) is 0 Å². The molecule has 7 heteroatoms. The standard InChI is InChI=1S/C10H9F2N3O2/c1-2-17-10(16)7-3-14-8-4-13-6(9(11)12)5-15(7)8/h3-5,9H,2H2,1H3. The minimum absolute atomic E-state index is 0.103. The molecule has 0 spiro atoms. The van der Waals surface area contributed by atoms with Gasteiger partial charge < -0.3 is 4.74 Å². The number of nitrogens with zero attached hydrogens (tertiary/aromatic N) is 3. The second-order valence-corrected chi connectivity index (χ2v) is 3.20. The molecule has 0 aliphatic heterocycles. The number of hydrogen-bond acceptors (Lipinski definition) is 4. The summed E-state index contributed by atoms with van der Waals surface area (Å²) < 4.78 is 31.0. The number of halogens is 2. The zero-order valence-corrected chi connectivity index (χ0v) is 8.93. The molecule has 17 heavy (non-hydrogen) atoms. The maximum absolute atomic E-state index is 12.5. The first-order chi connectivity index (χ1) is 8.13. The minimum atomic E-state index is -2.70. The van der Waals surface area contributed by atoms with Crippen LogP contribution in [-0.2, 0) is 4.74 Å². The molecule has 0 radical (unpaired) electrons. The van der Waals surface area contributed by atoms with Crippen LogP contribution in [0, 0.1) is 0 Å². The van der Waals surface area contributed by atoms with Gasteiger partial charge in [0.15, 0.2) is 11.3 Å². The van der Waals surface area contributed by atoms with Crippen molar-refractivity contribution in [2.75, 3.05) is 6.61 Å². The van der Waals surface area contributed by atoms with E-state index in [0.29, 0.717) is 5.65 Å². The number of fused-ring (bicyclic) bond motifs is 1. The summed E-state index contributed by atoms with van der Waals surface area (Å²) in [6, 6.07) is 0. The zero-order valence-electron chi connectivity index (χ0n) is 8.93. The van der Waals surface area contributed by atoms with E-state index in [1.807, 2.05) is 0 Å². The fraction of sp³-hybridized carbons (Fsp3) is 0.300. The lowest BCUT2D eigenvalue weighted by atomic mass is 10.4. The van der Waals surface area contributed by atoms with Gasteiger partial charge in [-0.2, -0.15) is 0 Å². The molecule has 0 fully saturated rings. The van der Waals surface area contributed by atoms with Crippen LogP contribution < -0.4 is 0 Å². The van der Waals surface area contributed by atoms with E-state index in [-0.39, 0.29) is 12.3 Å². The number of alkyl halides is 2. The highest BCUT2D eigenvalue weighted by molar-refractivity contribution is 5.88. The highest BCUT2D eigenvalue weighted by Gasteiger charge is 2.16. The Hall–Kier alpha value is -2.05. The number of hydrogen-bond donors (Lipinski definition) is 0. The maximum Gasteiger partial charge on any atom is 0.356 e. The molecule has 0 aliphatic carbocycles. The number of ether oxygens (including phenoxy) is 1. The molecule has 0 aromatic carbocycles. The third kappa shape index (κ3) is 2.08. The molecule has 0 unspecified atom stereocenters. The van der Waals surface area contributed by atoms with E-state index < -0.39 is 18.1 Å². The van der Waals surface area contributed by atoms with Crippen LogP contribution in [0.2, 0.25) is 0 Å². The van der Waals surface area contributed by atoms with Gasteiger partial charge in [0, 0.05) is 6.20 Å². The topological polar surface area (TPSA) is 56.5 Å². The Bertz CT molecular complexity index is 553. The highest BCUT2D eigenvalue weighted by atomic mass is 19.3. The van der Waals surface area contributed by atoms with Crippen LogP contribution in [0.3, 0.4) is 0 Å². The second-order valence-electron chi connectivity index (χ2n) is 3.20. The Morgan fingerprint density at radius 3 is 2.88 bits per heavy atom. The third-order valence-electron chi connectivity index (χ3n) is 2.12. The minimum Gasteiger partial charge on any atom is -0.461 e. The Morgan fingerprint density at radius 2 is 2.24 bits per heavy atom. The fourth-order valence-electron chi connectivity index (χ4n) is 1.37. The SMILES string of the molecule is CCOC(=O)c1cnc2cnc(C(F)F)cn12. The summed E-state index contributed by atoms with van der Waals surface area (Å²) in [6.45, 7) is 1.87. The van der Waals surface area contributed by atoms with E-state index in [4.69, 9.17) is 4.74 Å². The number of imidazole rings is 1. The zero-order chi connectivity index (χ0) is 12.4. The summed E-state index contributed by atoms with van der Waals surface area (Å²) in [4.78, 5) is 18.9. The van der Waals surface area contributed by atoms with E-state index in [9.17, 15) is 13.6 Å². The van der Waals surface area contributed by atoms with Crippen LogP contribution in [0.5, 0.6) is 0 Å². The van der Waals surface area contributed by atoms with Gasteiger partial charge in [0.1, 0.15) is 5.69 Å². The van der Waals surface area contributed by atoms with Crippen LogP contribution in [-0.4, -0.2) is 26.9 Å². The highest BCUT2D eigenvalue weighted by Crippen LogP contribution is 2.17. The Kier molecular flexibility index (Phi) is 2.99. The number of carbonyl (C=O) groups is 1. The molecule has 2 aromatic rings. The van der Waals surface area contributed by atoms with E-state index in [1.165, 1.54) is 16.8 Å². The molecular weight excluding hydrogens is 232 g/mol. The molecule has 2 rings (SSSR count). The van der Waals surface area contributed by atoms with Crippen molar-refractivity contribution in [3.63, 3.8) is 0 Å². The summed E-state index contributed by atoms with van der Waals surface area (Å²) >= 11 is 0. The number of aromatic nitrogens is 3. The van der Waals surface area contributed by atoms with Crippen molar-refractivity contribution in [2.45, 2.75) is 13.3 Å². The first-order valence-corrected chi connectivity index (χ1v) is 4.91. The van der Waals surface area contributed by atoms with Gasteiger partial charge in [0.2, 0.25) is 0 Å². The normalized spacial score (nSPS) is 11.1. The molecule has 90 valence electrons. The number of esters is 1. The predicted molar refractivity (Wildman–Crippen MR) is 53.9 cm³/mol. The molecule has 0 N–H and O–H groups in total. The summed E-state index contributed by atoms with van der Waals surface area (Å²) in [7, 11) is 0. The Morgan fingerprint density at radius 1 is 1.47 bits per heavy atom. The van der Waals surface area contributed by atoms with Gasteiger partial charge in [-0.05, 0) is 6.92 Å². The van der Waals surface area contributed by atoms with E-state index in [2.05, 4.69) is 9.97 Å². The van der Waals surface area contributed by atoms with Crippen molar-refractivity contribution in [1.82, 2.24) is 14.4 Å². The number of carbonyl (C=O) groups excluding carboxylic acids is 1.